The quantitative estimate of drug-likeness (QED) is 0.152. The summed E-state index contributed by atoms with van der Waals surface area (Å²) in [6.07, 6.45) is 9.05. The summed E-state index contributed by atoms with van der Waals surface area (Å²) in [6, 6.07) is 68.7. The van der Waals surface area contributed by atoms with Crippen molar-refractivity contribution in [3.63, 3.8) is 0 Å². The molecule has 0 amide bonds. The lowest BCUT2D eigenvalue weighted by atomic mass is 9.91. The predicted octanol–water partition coefficient (Wildman–Crippen LogP) is 15.4. The van der Waals surface area contributed by atoms with Crippen molar-refractivity contribution < 1.29 is 0 Å². The predicted molar refractivity (Wildman–Crippen MR) is 258 cm³/mol. The molecular weight excluding hydrogens is 741 g/mol. The summed E-state index contributed by atoms with van der Waals surface area (Å²) in [7, 11) is 0. The Balaban J connectivity index is 1.03. The van der Waals surface area contributed by atoms with Crippen LogP contribution in [0.1, 0.15) is 28.2 Å². The van der Waals surface area contributed by atoms with Crippen LogP contribution in [0.4, 0.5) is 45.5 Å². The first-order chi connectivity index (χ1) is 30.0. The maximum atomic E-state index is 2.50. The number of hydrogen-bond donors (Lipinski definition) is 0. The molecule has 4 nitrogen and oxygen atoms in total. The van der Waals surface area contributed by atoms with Crippen molar-refractivity contribution in [3.8, 4) is 5.69 Å². The molecule has 8 aromatic carbocycles. The summed E-state index contributed by atoms with van der Waals surface area (Å²) in [6.45, 7) is 6.79. The van der Waals surface area contributed by atoms with Crippen LogP contribution in [-0.2, 0) is 0 Å². The SMILES string of the molecule is Cc1cc(C)c(N(c2ccccc2)c2ccc(-n3c4ccccc4c4ccccc43)cc2)c(C)c1N(c1ccccc1)c1ccc(N2c3ccccc3C3C=CC=CC32)cc1. The number of para-hydroxylation sites is 5. The third-order valence-corrected chi connectivity index (χ3v) is 12.7. The Morgan fingerprint density at radius 3 is 1.46 bits per heavy atom. The van der Waals surface area contributed by atoms with Crippen molar-refractivity contribution >= 4 is 67.3 Å². The Hall–Kier alpha value is -7.56. The van der Waals surface area contributed by atoms with Gasteiger partial charge in [-0.05, 0) is 134 Å². The highest BCUT2D eigenvalue weighted by molar-refractivity contribution is 6.09. The lowest BCUT2D eigenvalue weighted by Crippen LogP contribution is -2.28. The summed E-state index contributed by atoms with van der Waals surface area (Å²) in [5, 5.41) is 2.52. The first-order valence-corrected chi connectivity index (χ1v) is 21.3. The smallest absolute Gasteiger partial charge is 0.0629 e. The van der Waals surface area contributed by atoms with Crippen molar-refractivity contribution in [1.29, 1.82) is 0 Å². The molecule has 294 valence electrons. The van der Waals surface area contributed by atoms with E-state index in [1.54, 1.807) is 0 Å². The molecule has 0 spiro atoms. The van der Waals surface area contributed by atoms with Crippen molar-refractivity contribution in [2.45, 2.75) is 32.7 Å². The van der Waals surface area contributed by atoms with Crippen LogP contribution in [0.3, 0.4) is 0 Å². The second kappa shape index (κ2) is 14.9. The average molecular weight is 787 g/mol. The fourth-order valence-corrected chi connectivity index (χ4v) is 10.1. The maximum absolute atomic E-state index is 2.50. The molecule has 61 heavy (non-hydrogen) atoms. The van der Waals surface area contributed by atoms with E-state index in [2.05, 4.69) is 252 Å². The first kappa shape index (κ1) is 36.5. The number of fused-ring (bicyclic) bond motifs is 6. The number of nitrogens with zero attached hydrogens (tertiary/aromatic N) is 4. The molecule has 0 saturated heterocycles. The van der Waals surface area contributed by atoms with Gasteiger partial charge in [0.2, 0.25) is 0 Å². The molecule has 1 aliphatic heterocycles. The molecule has 2 atom stereocenters. The van der Waals surface area contributed by atoms with E-state index in [1.807, 2.05) is 0 Å². The van der Waals surface area contributed by atoms with Gasteiger partial charge in [0.25, 0.3) is 0 Å². The highest BCUT2D eigenvalue weighted by atomic mass is 15.2. The van der Waals surface area contributed by atoms with Gasteiger partial charge in [-0.25, -0.2) is 0 Å². The van der Waals surface area contributed by atoms with Gasteiger partial charge in [-0.1, -0.05) is 121 Å². The number of benzene rings is 8. The van der Waals surface area contributed by atoms with E-state index in [0.29, 0.717) is 5.92 Å². The van der Waals surface area contributed by atoms with Crippen LogP contribution in [0.25, 0.3) is 27.5 Å². The Morgan fingerprint density at radius 2 is 0.885 bits per heavy atom. The van der Waals surface area contributed by atoms with Crippen LogP contribution in [0.2, 0.25) is 0 Å². The standard InChI is InChI=1S/C57H46N4/c1-39-38-40(2)57(59(43-20-8-5-9-21-43)45-32-36-47(37-33-45)61-54-28-16-12-24-50(54)51-25-13-17-29-55(51)61)41(3)56(39)58(42-18-6-4-7-19-42)44-30-34-46(35-31-44)60-52-26-14-10-22-48(52)49-23-11-15-27-53(49)60/h4-38,48,52H,1-3H3. The number of rotatable bonds is 8. The van der Waals surface area contributed by atoms with E-state index in [4.69, 9.17) is 0 Å². The van der Waals surface area contributed by atoms with Crippen LogP contribution in [0.5, 0.6) is 0 Å². The first-order valence-electron chi connectivity index (χ1n) is 21.3. The molecule has 11 rings (SSSR count). The topological polar surface area (TPSA) is 14.7 Å². The average Bonchev–Trinajstić information content (AvgIpc) is 3.83. The number of hydrogen-bond acceptors (Lipinski definition) is 3. The van der Waals surface area contributed by atoms with E-state index in [-0.39, 0.29) is 6.04 Å². The van der Waals surface area contributed by atoms with E-state index >= 15 is 0 Å². The highest BCUT2D eigenvalue weighted by Gasteiger charge is 2.37. The minimum Gasteiger partial charge on any atom is -0.333 e. The van der Waals surface area contributed by atoms with Gasteiger partial charge in [0.15, 0.2) is 0 Å². The van der Waals surface area contributed by atoms with Gasteiger partial charge in [-0.2, -0.15) is 0 Å². The van der Waals surface area contributed by atoms with Gasteiger partial charge < -0.3 is 19.3 Å². The number of aromatic nitrogens is 1. The van der Waals surface area contributed by atoms with Gasteiger partial charge >= 0.3 is 0 Å². The van der Waals surface area contributed by atoms with Crippen molar-refractivity contribution in [3.05, 3.63) is 235 Å². The summed E-state index contributed by atoms with van der Waals surface area (Å²) in [5.74, 6) is 0.343. The van der Waals surface area contributed by atoms with E-state index in [9.17, 15) is 0 Å². The lowest BCUT2D eigenvalue weighted by Gasteiger charge is -2.34. The maximum Gasteiger partial charge on any atom is 0.0629 e. The number of allylic oxidation sites excluding steroid dienone is 2. The molecule has 1 aliphatic carbocycles. The van der Waals surface area contributed by atoms with Crippen molar-refractivity contribution in [1.82, 2.24) is 4.57 Å². The molecule has 0 bridgehead atoms. The van der Waals surface area contributed by atoms with Crippen LogP contribution in [-0.4, -0.2) is 10.6 Å². The fraction of sp³-hybridized carbons (Fsp3) is 0.0877. The Morgan fingerprint density at radius 1 is 0.426 bits per heavy atom. The number of anilines is 8. The van der Waals surface area contributed by atoms with E-state index in [1.165, 1.54) is 66.8 Å². The second-order valence-corrected chi connectivity index (χ2v) is 16.3. The van der Waals surface area contributed by atoms with Crippen molar-refractivity contribution in [2.24, 2.45) is 0 Å². The minimum absolute atomic E-state index is 0.252. The zero-order valence-electron chi connectivity index (χ0n) is 34.7. The molecule has 0 fully saturated rings. The normalized spacial score (nSPS) is 15.3. The van der Waals surface area contributed by atoms with Crippen LogP contribution < -0.4 is 14.7 Å². The van der Waals surface area contributed by atoms with Gasteiger partial charge in [0.05, 0.1) is 28.5 Å². The molecule has 4 heteroatoms. The van der Waals surface area contributed by atoms with Gasteiger partial charge in [-0.3, -0.25) is 0 Å². The van der Waals surface area contributed by atoms with Crippen LogP contribution >= 0.6 is 0 Å². The zero-order chi connectivity index (χ0) is 41.0. The van der Waals surface area contributed by atoms with E-state index < -0.39 is 0 Å². The molecule has 0 N–H and O–H groups in total. The van der Waals surface area contributed by atoms with Gasteiger partial charge in [0.1, 0.15) is 0 Å². The van der Waals surface area contributed by atoms with Crippen molar-refractivity contribution in [2.75, 3.05) is 14.7 Å². The lowest BCUT2D eigenvalue weighted by molar-refractivity contribution is 0.745. The molecule has 2 unspecified atom stereocenters. The van der Waals surface area contributed by atoms with Crippen LogP contribution in [0, 0.1) is 20.8 Å². The summed E-state index contributed by atoms with van der Waals surface area (Å²) in [5.41, 5.74) is 17.8. The third kappa shape index (κ3) is 6.05. The van der Waals surface area contributed by atoms with Gasteiger partial charge in [0, 0.05) is 56.5 Å². The minimum atomic E-state index is 0.252. The third-order valence-electron chi connectivity index (χ3n) is 12.7. The summed E-state index contributed by atoms with van der Waals surface area (Å²) < 4.78 is 2.38. The van der Waals surface area contributed by atoms with Gasteiger partial charge in [-0.15, -0.1) is 0 Å². The van der Waals surface area contributed by atoms with Crippen LogP contribution in [0.15, 0.2) is 212 Å². The summed E-state index contributed by atoms with van der Waals surface area (Å²) in [4.78, 5) is 7.38. The molecular formula is C57H46N4. The Bertz CT molecular complexity index is 3070. The Labute approximate surface area is 358 Å². The monoisotopic (exact) mass is 786 g/mol. The molecule has 0 radical (unpaired) electrons. The molecule has 9 aromatic rings. The fourth-order valence-electron chi connectivity index (χ4n) is 10.1. The Kier molecular flexibility index (Phi) is 8.93. The molecule has 0 saturated carbocycles. The zero-order valence-corrected chi connectivity index (χ0v) is 34.7. The largest absolute Gasteiger partial charge is 0.333 e. The molecule has 2 heterocycles. The molecule has 1 aromatic heterocycles. The summed E-state index contributed by atoms with van der Waals surface area (Å²) >= 11 is 0. The second-order valence-electron chi connectivity index (χ2n) is 16.3. The number of aryl methyl sites for hydroxylation is 2. The highest BCUT2D eigenvalue weighted by Crippen LogP contribution is 2.50. The molecule has 2 aliphatic rings. The van der Waals surface area contributed by atoms with E-state index in [0.717, 1.165) is 28.4 Å².